The maximum absolute atomic E-state index is 6.57. The Morgan fingerprint density at radius 3 is 1.90 bits per heavy atom. The first kappa shape index (κ1) is 34.9. The second-order valence-corrected chi connectivity index (χ2v) is 17.1. The molecular formula is C58H36N2OS. The van der Waals surface area contributed by atoms with Crippen molar-refractivity contribution in [1.29, 1.82) is 0 Å². The van der Waals surface area contributed by atoms with Crippen LogP contribution in [0.25, 0.3) is 103 Å². The normalized spacial score (nSPS) is 11.9. The van der Waals surface area contributed by atoms with Crippen molar-refractivity contribution in [2.24, 2.45) is 0 Å². The van der Waals surface area contributed by atoms with E-state index in [0.29, 0.717) is 0 Å². The largest absolute Gasteiger partial charge is 0.455 e. The topological polar surface area (TPSA) is 21.3 Å². The molecule has 0 bridgehead atoms. The number of fused-ring (bicyclic) bond motifs is 10. The van der Waals surface area contributed by atoms with Gasteiger partial charge in [0.15, 0.2) is 0 Å². The van der Waals surface area contributed by atoms with Gasteiger partial charge < -0.3 is 13.9 Å². The van der Waals surface area contributed by atoms with Gasteiger partial charge in [-0.2, -0.15) is 0 Å². The number of para-hydroxylation sites is 4. The Kier molecular flexibility index (Phi) is 7.78. The number of rotatable bonds is 6. The van der Waals surface area contributed by atoms with E-state index < -0.39 is 0 Å². The molecule has 0 radical (unpaired) electrons. The fourth-order valence-electron chi connectivity index (χ4n) is 9.77. The van der Waals surface area contributed by atoms with Crippen LogP contribution in [0.3, 0.4) is 0 Å². The molecule has 0 fully saturated rings. The predicted octanol–water partition coefficient (Wildman–Crippen LogP) is 17.0. The number of anilines is 3. The summed E-state index contributed by atoms with van der Waals surface area (Å²) >= 11 is 1.87. The molecule has 0 saturated heterocycles. The minimum atomic E-state index is 0.899. The first-order valence-corrected chi connectivity index (χ1v) is 21.9. The molecule has 3 aromatic heterocycles. The first-order valence-electron chi connectivity index (χ1n) is 21.1. The lowest BCUT2D eigenvalue weighted by Crippen LogP contribution is -2.10. The summed E-state index contributed by atoms with van der Waals surface area (Å²) in [7, 11) is 0. The lowest BCUT2D eigenvalue weighted by molar-refractivity contribution is 0.670. The van der Waals surface area contributed by atoms with Crippen molar-refractivity contribution in [3.8, 4) is 27.9 Å². The second kappa shape index (κ2) is 13.8. The summed E-state index contributed by atoms with van der Waals surface area (Å²) in [6.07, 6.45) is 0. The van der Waals surface area contributed by atoms with Crippen molar-refractivity contribution in [3.05, 3.63) is 218 Å². The maximum Gasteiger partial charge on any atom is 0.143 e. The molecule has 0 atom stereocenters. The van der Waals surface area contributed by atoms with E-state index in [1.54, 1.807) is 0 Å². The van der Waals surface area contributed by atoms with Crippen LogP contribution < -0.4 is 4.90 Å². The summed E-state index contributed by atoms with van der Waals surface area (Å²) in [5.41, 5.74) is 13.2. The molecule has 3 nitrogen and oxygen atoms in total. The van der Waals surface area contributed by atoms with Crippen molar-refractivity contribution >= 4 is 103 Å². The second-order valence-electron chi connectivity index (χ2n) is 16.1. The van der Waals surface area contributed by atoms with E-state index in [1.165, 1.54) is 63.9 Å². The van der Waals surface area contributed by atoms with Gasteiger partial charge in [0, 0.05) is 64.3 Å². The zero-order valence-corrected chi connectivity index (χ0v) is 34.3. The number of aromatic nitrogens is 1. The summed E-state index contributed by atoms with van der Waals surface area (Å²) in [4.78, 5) is 2.45. The number of furan rings is 1. The third-order valence-corrected chi connectivity index (χ3v) is 13.8. The predicted molar refractivity (Wildman–Crippen MR) is 264 cm³/mol. The summed E-state index contributed by atoms with van der Waals surface area (Å²) in [5.74, 6) is 0. The summed E-state index contributed by atoms with van der Waals surface area (Å²) in [5, 5.41) is 9.67. The molecule has 0 aliphatic carbocycles. The van der Waals surface area contributed by atoms with Gasteiger partial charge in [-0.3, -0.25) is 0 Å². The van der Waals surface area contributed by atoms with Crippen LogP contribution in [0.4, 0.5) is 17.1 Å². The van der Waals surface area contributed by atoms with Gasteiger partial charge in [0.1, 0.15) is 11.2 Å². The molecule has 10 aromatic carbocycles. The van der Waals surface area contributed by atoms with E-state index in [4.69, 9.17) is 4.42 Å². The van der Waals surface area contributed by atoms with Gasteiger partial charge in [-0.25, -0.2) is 0 Å². The Hall–Kier alpha value is -7.92. The van der Waals surface area contributed by atoms with Gasteiger partial charge in [0.05, 0.1) is 16.7 Å². The van der Waals surface area contributed by atoms with Gasteiger partial charge in [-0.1, -0.05) is 152 Å². The van der Waals surface area contributed by atoms with Gasteiger partial charge >= 0.3 is 0 Å². The van der Waals surface area contributed by atoms with Crippen molar-refractivity contribution in [1.82, 2.24) is 4.57 Å². The Morgan fingerprint density at radius 1 is 0.419 bits per heavy atom. The molecule has 0 unspecified atom stereocenters. The van der Waals surface area contributed by atoms with Crippen LogP contribution in [0.2, 0.25) is 0 Å². The summed E-state index contributed by atoms with van der Waals surface area (Å²) < 4.78 is 11.5. The van der Waals surface area contributed by atoms with Gasteiger partial charge in [0.2, 0.25) is 0 Å². The minimum Gasteiger partial charge on any atom is -0.455 e. The Labute approximate surface area is 361 Å². The molecule has 290 valence electrons. The highest BCUT2D eigenvalue weighted by molar-refractivity contribution is 7.26. The van der Waals surface area contributed by atoms with Crippen LogP contribution in [-0.4, -0.2) is 4.57 Å². The Morgan fingerprint density at radius 2 is 1.06 bits per heavy atom. The van der Waals surface area contributed by atoms with Crippen LogP contribution in [0.1, 0.15) is 0 Å². The molecule has 0 N–H and O–H groups in total. The van der Waals surface area contributed by atoms with Crippen LogP contribution in [0, 0.1) is 0 Å². The fraction of sp³-hybridized carbons (Fsp3) is 0. The Bertz CT molecular complexity index is 3850. The molecule has 13 rings (SSSR count). The highest BCUT2D eigenvalue weighted by Gasteiger charge is 2.23. The molecule has 4 heteroatoms. The van der Waals surface area contributed by atoms with Gasteiger partial charge in [-0.05, 0) is 94.2 Å². The van der Waals surface area contributed by atoms with Crippen molar-refractivity contribution in [2.45, 2.75) is 0 Å². The third-order valence-electron chi connectivity index (χ3n) is 12.6. The molecular weight excluding hydrogens is 773 g/mol. The fourth-order valence-corrected chi connectivity index (χ4v) is 11.0. The Balaban J connectivity index is 1.04. The molecule has 0 spiro atoms. The SMILES string of the molecule is c1cc(-c2cccc3c2oc2ccccc23)cc(N(c2ccc3ccccc3c2)c2ccc(-c3cccc(-n4c5ccccc5c5ccccc54)c3)c3sc4ccccc4c23)c1. The summed E-state index contributed by atoms with van der Waals surface area (Å²) in [6, 6.07) is 79.3. The lowest BCUT2D eigenvalue weighted by atomic mass is 9.98. The number of nitrogens with zero attached hydrogens (tertiary/aromatic N) is 2. The average molecular weight is 809 g/mol. The molecule has 62 heavy (non-hydrogen) atoms. The van der Waals surface area contributed by atoms with Crippen LogP contribution in [0.15, 0.2) is 223 Å². The van der Waals surface area contributed by atoms with Crippen molar-refractivity contribution in [2.75, 3.05) is 4.90 Å². The zero-order chi connectivity index (χ0) is 40.7. The van der Waals surface area contributed by atoms with E-state index in [9.17, 15) is 0 Å². The number of hydrogen-bond acceptors (Lipinski definition) is 3. The smallest absolute Gasteiger partial charge is 0.143 e. The first-order chi connectivity index (χ1) is 30.7. The van der Waals surface area contributed by atoms with Gasteiger partial charge in [-0.15, -0.1) is 11.3 Å². The monoisotopic (exact) mass is 808 g/mol. The van der Waals surface area contributed by atoms with E-state index >= 15 is 0 Å². The quantitative estimate of drug-likeness (QED) is 0.167. The molecule has 0 amide bonds. The van der Waals surface area contributed by atoms with E-state index in [2.05, 4.69) is 222 Å². The number of hydrogen-bond donors (Lipinski definition) is 0. The standard InChI is InChI=1S/C58H36N2OS/c1-2-15-38-34-43(31-30-37(38)14-1)59(41-18-11-16-39(35-41)44-24-13-25-49-48-22-5-9-28-54(48)61-57(44)49)53-33-32-45(58-56(53)50-23-6-10-29-55(50)62-58)40-17-12-19-42(36-40)60-51-26-7-3-20-46(51)47-21-4-8-27-52(47)60/h1-36H. The van der Waals surface area contributed by atoms with Crippen LogP contribution >= 0.6 is 11.3 Å². The molecule has 3 heterocycles. The average Bonchev–Trinajstić information content (AvgIpc) is 4.02. The highest BCUT2D eigenvalue weighted by atomic mass is 32.1. The van der Waals surface area contributed by atoms with Crippen molar-refractivity contribution < 1.29 is 4.42 Å². The van der Waals surface area contributed by atoms with Crippen LogP contribution in [-0.2, 0) is 0 Å². The van der Waals surface area contributed by atoms with Crippen LogP contribution in [0.5, 0.6) is 0 Å². The molecule has 0 aliphatic rings. The third kappa shape index (κ3) is 5.37. The van der Waals surface area contributed by atoms with E-state index in [0.717, 1.165) is 55.8 Å². The minimum absolute atomic E-state index is 0.899. The van der Waals surface area contributed by atoms with Gasteiger partial charge in [0.25, 0.3) is 0 Å². The number of benzene rings is 10. The molecule has 0 saturated carbocycles. The summed E-state index contributed by atoms with van der Waals surface area (Å²) in [6.45, 7) is 0. The maximum atomic E-state index is 6.57. The van der Waals surface area contributed by atoms with E-state index in [-0.39, 0.29) is 0 Å². The zero-order valence-electron chi connectivity index (χ0n) is 33.5. The molecule has 0 aliphatic heterocycles. The molecule has 13 aromatic rings. The van der Waals surface area contributed by atoms with E-state index in [1.807, 2.05) is 17.4 Å². The lowest BCUT2D eigenvalue weighted by Gasteiger charge is -2.28. The van der Waals surface area contributed by atoms with Crippen molar-refractivity contribution in [3.63, 3.8) is 0 Å². The number of thiophene rings is 1. The highest BCUT2D eigenvalue weighted by Crippen LogP contribution is 2.49.